The van der Waals surface area contributed by atoms with Crippen LogP contribution < -0.4 is 0 Å². The summed E-state index contributed by atoms with van der Waals surface area (Å²) < 4.78 is 4.43. The van der Waals surface area contributed by atoms with Crippen molar-refractivity contribution in [2.24, 2.45) is 0 Å². The number of ether oxygens (including phenoxy) is 1. The van der Waals surface area contributed by atoms with E-state index in [2.05, 4.69) is 4.74 Å². The van der Waals surface area contributed by atoms with E-state index < -0.39 is 4.92 Å². The van der Waals surface area contributed by atoms with E-state index in [0.29, 0.717) is 5.56 Å². The van der Waals surface area contributed by atoms with Gasteiger partial charge in [-0.05, 0) is 6.07 Å². The van der Waals surface area contributed by atoms with Crippen molar-refractivity contribution < 1.29 is 14.5 Å². The molecule has 0 radical (unpaired) electrons. The van der Waals surface area contributed by atoms with Gasteiger partial charge in [0.1, 0.15) is 6.61 Å². The first kappa shape index (κ1) is 9.18. The molecule has 0 saturated carbocycles. The van der Waals surface area contributed by atoms with Crippen LogP contribution in [-0.4, -0.2) is 11.4 Å². The van der Waals surface area contributed by atoms with Crippen LogP contribution in [0.25, 0.3) is 0 Å². The van der Waals surface area contributed by atoms with Gasteiger partial charge >= 0.3 is 0 Å². The molecule has 0 bridgehead atoms. The van der Waals surface area contributed by atoms with Gasteiger partial charge in [-0.15, -0.1) is 0 Å². The highest BCUT2D eigenvalue weighted by atomic mass is 16.6. The van der Waals surface area contributed by atoms with E-state index in [1.165, 1.54) is 6.07 Å². The lowest BCUT2D eigenvalue weighted by Gasteiger charge is -1.99. The Morgan fingerprint density at radius 3 is 2.77 bits per heavy atom. The second kappa shape index (κ2) is 4.20. The number of nitro groups is 1. The number of hydrogen-bond donors (Lipinski definition) is 0. The molecule has 0 aliphatic heterocycles. The van der Waals surface area contributed by atoms with Gasteiger partial charge < -0.3 is 4.74 Å². The van der Waals surface area contributed by atoms with Gasteiger partial charge in [-0.1, -0.05) is 12.1 Å². The van der Waals surface area contributed by atoms with E-state index in [1.54, 1.807) is 18.2 Å². The van der Waals surface area contributed by atoms with Gasteiger partial charge in [-0.2, -0.15) is 0 Å². The van der Waals surface area contributed by atoms with Gasteiger partial charge in [-0.3, -0.25) is 14.9 Å². The minimum Gasteiger partial charge on any atom is -0.463 e. The maximum Gasteiger partial charge on any atom is 0.293 e. The molecular formula is C8H7NO4. The second-order valence-electron chi connectivity index (χ2n) is 2.29. The fourth-order valence-corrected chi connectivity index (χ4v) is 0.935. The number of carbonyl (C=O) groups is 1. The van der Waals surface area contributed by atoms with Crippen molar-refractivity contribution in [1.82, 2.24) is 0 Å². The highest BCUT2D eigenvalue weighted by molar-refractivity contribution is 5.42. The molecule has 0 aromatic heterocycles. The summed E-state index contributed by atoms with van der Waals surface area (Å²) in [6, 6.07) is 6.12. The van der Waals surface area contributed by atoms with E-state index in [0.717, 1.165) is 0 Å². The van der Waals surface area contributed by atoms with Crippen molar-refractivity contribution in [3.63, 3.8) is 0 Å². The Balaban J connectivity index is 2.90. The number of rotatable bonds is 4. The summed E-state index contributed by atoms with van der Waals surface area (Å²) in [6.07, 6.45) is 0. The zero-order valence-corrected chi connectivity index (χ0v) is 6.67. The average Bonchev–Trinajstić information content (AvgIpc) is 2.15. The van der Waals surface area contributed by atoms with E-state index in [-0.39, 0.29) is 18.8 Å². The van der Waals surface area contributed by atoms with E-state index in [9.17, 15) is 14.9 Å². The maximum atomic E-state index is 10.4. The number of benzene rings is 1. The first-order chi connectivity index (χ1) is 6.25. The summed E-state index contributed by atoms with van der Waals surface area (Å²) in [4.78, 5) is 19.8. The average molecular weight is 181 g/mol. The Morgan fingerprint density at radius 2 is 2.15 bits per heavy atom. The first-order valence-electron chi connectivity index (χ1n) is 3.53. The quantitative estimate of drug-likeness (QED) is 0.398. The van der Waals surface area contributed by atoms with Gasteiger partial charge in [0.25, 0.3) is 12.2 Å². The number of hydrogen-bond acceptors (Lipinski definition) is 4. The van der Waals surface area contributed by atoms with Crippen LogP contribution in [0.2, 0.25) is 0 Å². The molecule has 5 nitrogen and oxygen atoms in total. The molecule has 0 spiro atoms. The Bertz CT molecular complexity index is 324. The van der Waals surface area contributed by atoms with Crippen LogP contribution in [-0.2, 0) is 16.1 Å². The van der Waals surface area contributed by atoms with Crippen LogP contribution in [0.1, 0.15) is 5.56 Å². The smallest absolute Gasteiger partial charge is 0.293 e. The Labute approximate surface area is 74.1 Å². The van der Waals surface area contributed by atoms with Crippen molar-refractivity contribution in [2.45, 2.75) is 6.61 Å². The highest BCUT2D eigenvalue weighted by Crippen LogP contribution is 2.17. The summed E-state index contributed by atoms with van der Waals surface area (Å²) in [7, 11) is 0. The molecule has 5 heteroatoms. The number of nitrogens with zero attached hydrogens (tertiary/aromatic N) is 1. The lowest BCUT2D eigenvalue weighted by Crippen LogP contribution is -1.97. The van der Waals surface area contributed by atoms with Crippen LogP contribution in [0.5, 0.6) is 0 Å². The molecule has 0 aliphatic rings. The van der Waals surface area contributed by atoms with Crippen molar-refractivity contribution in [1.29, 1.82) is 0 Å². The molecule has 0 aliphatic carbocycles. The van der Waals surface area contributed by atoms with Crippen molar-refractivity contribution in [3.05, 3.63) is 39.9 Å². The van der Waals surface area contributed by atoms with Gasteiger partial charge in [0.05, 0.1) is 10.5 Å². The first-order valence-corrected chi connectivity index (χ1v) is 3.53. The minimum atomic E-state index is -0.510. The number of para-hydroxylation sites is 1. The van der Waals surface area contributed by atoms with Gasteiger partial charge in [0, 0.05) is 6.07 Å². The molecular weight excluding hydrogens is 174 g/mol. The van der Waals surface area contributed by atoms with Gasteiger partial charge in [0.2, 0.25) is 0 Å². The summed E-state index contributed by atoms with van der Waals surface area (Å²) in [5.41, 5.74) is 0.351. The third-order valence-corrected chi connectivity index (χ3v) is 1.50. The highest BCUT2D eigenvalue weighted by Gasteiger charge is 2.11. The maximum absolute atomic E-state index is 10.4. The van der Waals surface area contributed by atoms with Crippen molar-refractivity contribution in [2.75, 3.05) is 0 Å². The minimum absolute atomic E-state index is 0.0376. The van der Waals surface area contributed by atoms with Gasteiger partial charge in [0.15, 0.2) is 0 Å². The van der Waals surface area contributed by atoms with Crippen LogP contribution in [0.15, 0.2) is 24.3 Å². The van der Waals surface area contributed by atoms with Crippen LogP contribution in [0, 0.1) is 10.1 Å². The summed E-state index contributed by atoms with van der Waals surface area (Å²) in [5, 5.41) is 10.4. The molecule has 68 valence electrons. The van der Waals surface area contributed by atoms with Crippen molar-refractivity contribution >= 4 is 12.2 Å². The largest absolute Gasteiger partial charge is 0.463 e. The molecule has 0 N–H and O–H groups in total. The number of carbonyl (C=O) groups excluding carboxylic acids is 1. The number of nitro benzene ring substituents is 1. The molecule has 0 unspecified atom stereocenters. The Morgan fingerprint density at radius 1 is 1.46 bits per heavy atom. The predicted octanol–water partition coefficient (Wildman–Crippen LogP) is 1.27. The molecule has 0 amide bonds. The zero-order chi connectivity index (χ0) is 9.68. The normalized spacial score (nSPS) is 9.23. The lowest BCUT2D eigenvalue weighted by atomic mass is 10.2. The lowest BCUT2D eigenvalue weighted by molar-refractivity contribution is -0.385. The molecule has 0 atom stereocenters. The third kappa shape index (κ3) is 2.26. The van der Waals surface area contributed by atoms with E-state index in [4.69, 9.17) is 0 Å². The molecule has 1 aromatic carbocycles. The Hall–Kier alpha value is -1.91. The summed E-state index contributed by atoms with van der Waals surface area (Å²) >= 11 is 0. The predicted molar refractivity (Wildman–Crippen MR) is 43.9 cm³/mol. The Kier molecular flexibility index (Phi) is 2.97. The van der Waals surface area contributed by atoms with Crippen LogP contribution in [0.3, 0.4) is 0 Å². The molecule has 0 heterocycles. The summed E-state index contributed by atoms with van der Waals surface area (Å²) in [5.74, 6) is 0. The van der Waals surface area contributed by atoms with Crippen LogP contribution in [0.4, 0.5) is 5.69 Å². The standard InChI is InChI=1S/C8H7NO4/c10-6-13-5-7-3-1-2-4-8(7)9(11)12/h1-4,6H,5H2. The van der Waals surface area contributed by atoms with E-state index in [1.807, 2.05) is 0 Å². The van der Waals surface area contributed by atoms with Gasteiger partial charge in [-0.25, -0.2) is 0 Å². The fraction of sp³-hybridized carbons (Fsp3) is 0.125. The van der Waals surface area contributed by atoms with Crippen LogP contribution >= 0.6 is 0 Å². The molecule has 1 rings (SSSR count). The van der Waals surface area contributed by atoms with E-state index >= 15 is 0 Å². The molecule has 13 heavy (non-hydrogen) atoms. The third-order valence-electron chi connectivity index (χ3n) is 1.50. The van der Waals surface area contributed by atoms with Crippen molar-refractivity contribution in [3.8, 4) is 0 Å². The summed E-state index contributed by atoms with van der Waals surface area (Å²) in [6.45, 7) is 0.192. The fourth-order valence-electron chi connectivity index (χ4n) is 0.935. The molecule has 1 aromatic rings. The SMILES string of the molecule is O=COCc1ccccc1[N+](=O)[O-]. The molecule has 0 fully saturated rings. The monoisotopic (exact) mass is 181 g/mol. The topological polar surface area (TPSA) is 69.4 Å². The zero-order valence-electron chi connectivity index (χ0n) is 6.67. The molecule has 0 saturated heterocycles. The second-order valence-corrected chi connectivity index (χ2v) is 2.29.